The first-order valence-corrected chi connectivity index (χ1v) is 11.7. The monoisotopic (exact) mass is 413 g/mol. The van der Waals surface area contributed by atoms with Gasteiger partial charge in [-0.25, -0.2) is 4.21 Å². The first kappa shape index (κ1) is 23.5. The first-order chi connectivity index (χ1) is 13.8. The van der Waals surface area contributed by atoms with Gasteiger partial charge in [0.25, 0.3) is 0 Å². The fourth-order valence-corrected chi connectivity index (χ4v) is 4.50. The van der Waals surface area contributed by atoms with Crippen LogP contribution in [0.4, 0.5) is 0 Å². The molecule has 0 spiro atoms. The lowest BCUT2D eigenvalue weighted by molar-refractivity contribution is 0.128. The minimum atomic E-state index is -1.40. The molecule has 0 aliphatic heterocycles. The van der Waals surface area contributed by atoms with Crippen molar-refractivity contribution in [3.63, 3.8) is 0 Å². The Morgan fingerprint density at radius 1 is 0.931 bits per heavy atom. The van der Waals surface area contributed by atoms with Gasteiger partial charge in [-0.2, -0.15) is 4.40 Å². The first-order valence-electron chi connectivity index (χ1n) is 10.5. The summed E-state index contributed by atoms with van der Waals surface area (Å²) in [4.78, 5) is 0.890. The van der Waals surface area contributed by atoms with Crippen LogP contribution >= 0.6 is 0 Å². The van der Waals surface area contributed by atoms with E-state index in [4.69, 9.17) is 4.74 Å². The van der Waals surface area contributed by atoms with Crippen LogP contribution in [0.3, 0.4) is 0 Å². The van der Waals surface area contributed by atoms with E-state index in [9.17, 15) is 4.21 Å². The summed E-state index contributed by atoms with van der Waals surface area (Å²) in [6.07, 6.45) is 2.39. The fourth-order valence-electron chi connectivity index (χ4n) is 3.16. The van der Waals surface area contributed by atoms with E-state index in [1.807, 2.05) is 30.3 Å². The van der Waals surface area contributed by atoms with Crippen molar-refractivity contribution in [3.05, 3.63) is 64.7 Å². The third kappa shape index (κ3) is 6.90. The number of hydrogen-bond acceptors (Lipinski definition) is 2. The second-order valence-electron chi connectivity index (χ2n) is 8.36. The zero-order chi connectivity index (χ0) is 21.4. The highest BCUT2D eigenvalue weighted by molar-refractivity contribution is 7.84. The van der Waals surface area contributed by atoms with E-state index in [1.54, 1.807) is 6.21 Å². The van der Waals surface area contributed by atoms with E-state index < -0.39 is 11.0 Å². The molecule has 0 aliphatic rings. The Hall–Kier alpha value is -1.78. The van der Waals surface area contributed by atoms with Crippen LogP contribution in [0.5, 0.6) is 0 Å². The van der Waals surface area contributed by atoms with Gasteiger partial charge in [0.15, 0.2) is 11.0 Å². The van der Waals surface area contributed by atoms with Gasteiger partial charge in [0.1, 0.15) is 0 Å². The largest absolute Gasteiger partial charge is 0.376 e. The Kier molecular flexibility index (Phi) is 9.25. The van der Waals surface area contributed by atoms with Crippen molar-refractivity contribution in [2.24, 2.45) is 4.40 Å². The summed E-state index contributed by atoms with van der Waals surface area (Å²) in [5.41, 5.74) is 4.75. The zero-order valence-electron chi connectivity index (χ0n) is 18.6. The van der Waals surface area contributed by atoms with Crippen molar-refractivity contribution in [1.82, 2.24) is 0 Å². The maximum absolute atomic E-state index is 13.1. The van der Waals surface area contributed by atoms with Crippen molar-refractivity contribution < 1.29 is 8.95 Å². The third-order valence-corrected chi connectivity index (χ3v) is 6.09. The van der Waals surface area contributed by atoms with Gasteiger partial charge in [0, 0.05) is 12.6 Å². The van der Waals surface area contributed by atoms with Crippen LogP contribution in [-0.4, -0.2) is 17.0 Å². The molecule has 1 atom stereocenters. The lowest BCUT2D eigenvalue weighted by Crippen LogP contribution is -2.07. The standard InChI is InChI=1S/C25H35NO2S/c1-18(2)22-15-23(19(3)4)25(24(16-22)20(5)6)29(27)26-13-10-14-28-17-21-11-8-7-9-12-21/h7-9,11-13,15-16,18-20H,10,14,17H2,1-6H3/b26-13+/t29-/m1/s1. The molecular weight excluding hydrogens is 378 g/mol. The number of rotatable bonds is 10. The van der Waals surface area contributed by atoms with E-state index in [2.05, 4.69) is 58.1 Å². The summed E-state index contributed by atoms with van der Waals surface area (Å²) in [6.45, 7) is 14.2. The van der Waals surface area contributed by atoms with Crippen LogP contribution in [0.2, 0.25) is 0 Å². The Labute approximate surface area is 179 Å². The number of ether oxygens (including phenoxy) is 1. The summed E-state index contributed by atoms with van der Waals surface area (Å²) in [5, 5.41) is 0. The number of benzene rings is 2. The fraction of sp³-hybridized carbons (Fsp3) is 0.480. The Balaban J connectivity index is 2.09. The summed E-state index contributed by atoms with van der Waals surface area (Å²) >= 11 is 0. The molecule has 0 radical (unpaired) electrons. The molecule has 0 unspecified atom stereocenters. The Morgan fingerprint density at radius 3 is 2.03 bits per heavy atom. The predicted molar refractivity (Wildman–Crippen MR) is 124 cm³/mol. The van der Waals surface area contributed by atoms with Gasteiger partial charge in [-0.3, -0.25) is 0 Å². The van der Waals surface area contributed by atoms with Gasteiger partial charge in [-0.1, -0.05) is 84.0 Å². The summed E-state index contributed by atoms with van der Waals surface area (Å²) < 4.78 is 23.2. The molecule has 4 heteroatoms. The molecule has 2 aromatic carbocycles. The van der Waals surface area contributed by atoms with E-state index >= 15 is 0 Å². The highest BCUT2D eigenvalue weighted by Crippen LogP contribution is 2.34. The summed E-state index contributed by atoms with van der Waals surface area (Å²) in [7, 11) is -1.40. The highest BCUT2D eigenvalue weighted by atomic mass is 32.2. The maximum atomic E-state index is 13.1. The Bertz CT molecular complexity index is 797. The number of hydrogen-bond donors (Lipinski definition) is 0. The molecule has 0 saturated carbocycles. The maximum Gasteiger partial charge on any atom is 0.172 e. The van der Waals surface area contributed by atoms with Gasteiger partial charge in [-0.15, -0.1) is 0 Å². The van der Waals surface area contributed by atoms with E-state index in [1.165, 1.54) is 5.56 Å². The molecule has 0 aromatic heterocycles. The van der Waals surface area contributed by atoms with Gasteiger partial charge in [-0.05, 0) is 40.0 Å². The van der Waals surface area contributed by atoms with Crippen LogP contribution in [0, 0.1) is 0 Å². The molecule has 0 bridgehead atoms. The molecule has 0 heterocycles. The van der Waals surface area contributed by atoms with Gasteiger partial charge in [0.2, 0.25) is 0 Å². The lowest BCUT2D eigenvalue weighted by Gasteiger charge is -2.21. The zero-order valence-corrected chi connectivity index (χ0v) is 19.5. The normalized spacial score (nSPS) is 13.1. The minimum Gasteiger partial charge on any atom is -0.376 e. The minimum absolute atomic E-state index is 0.301. The van der Waals surface area contributed by atoms with Crippen molar-refractivity contribution in [1.29, 1.82) is 0 Å². The van der Waals surface area contributed by atoms with Crippen LogP contribution in [0.15, 0.2) is 51.8 Å². The SMILES string of the molecule is CC(C)c1cc(C(C)C)c([S@@](=O)/N=C/CCOCc2ccccc2)c(C(C)C)c1. The van der Waals surface area contributed by atoms with E-state index in [0.717, 1.165) is 21.6 Å². The smallest absolute Gasteiger partial charge is 0.172 e. The quantitative estimate of drug-likeness (QED) is 0.319. The highest BCUT2D eigenvalue weighted by Gasteiger charge is 2.21. The Morgan fingerprint density at radius 2 is 1.52 bits per heavy atom. The van der Waals surface area contributed by atoms with Crippen molar-refractivity contribution in [3.8, 4) is 0 Å². The van der Waals surface area contributed by atoms with Crippen LogP contribution in [0.25, 0.3) is 0 Å². The molecule has 0 saturated heterocycles. The molecule has 0 amide bonds. The molecule has 29 heavy (non-hydrogen) atoms. The molecule has 158 valence electrons. The second-order valence-corrected chi connectivity index (χ2v) is 9.47. The average Bonchev–Trinajstić information content (AvgIpc) is 2.69. The van der Waals surface area contributed by atoms with E-state index in [0.29, 0.717) is 37.4 Å². The summed E-state index contributed by atoms with van der Waals surface area (Å²) in [6, 6.07) is 14.5. The van der Waals surface area contributed by atoms with E-state index in [-0.39, 0.29) is 0 Å². The topological polar surface area (TPSA) is 38.7 Å². The van der Waals surface area contributed by atoms with Crippen LogP contribution < -0.4 is 0 Å². The van der Waals surface area contributed by atoms with Crippen LogP contribution in [-0.2, 0) is 22.3 Å². The third-order valence-electron chi connectivity index (χ3n) is 4.93. The summed E-state index contributed by atoms with van der Waals surface area (Å²) in [5.74, 6) is 1.04. The molecule has 0 fully saturated rings. The van der Waals surface area contributed by atoms with Crippen molar-refractivity contribution in [2.75, 3.05) is 6.61 Å². The predicted octanol–water partition coefficient (Wildman–Crippen LogP) is 6.76. The van der Waals surface area contributed by atoms with Crippen LogP contribution in [0.1, 0.15) is 88.0 Å². The second kappa shape index (κ2) is 11.4. The number of nitrogens with zero attached hydrogens (tertiary/aromatic N) is 1. The molecule has 2 rings (SSSR count). The van der Waals surface area contributed by atoms with Crippen molar-refractivity contribution >= 4 is 17.2 Å². The molecule has 3 nitrogen and oxygen atoms in total. The molecular formula is C25H35NO2S. The average molecular weight is 414 g/mol. The van der Waals surface area contributed by atoms with Gasteiger partial charge < -0.3 is 4.74 Å². The molecule has 0 aliphatic carbocycles. The lowest BCUT2D eigenvalue weighted by atomic mass is 9.89. The van der Waals surface area contributed by atoms with Gasteiger partial charge >= 0.3 is 0 Å². The van der Waals surface area contributed by atoms with Gasteiger partial charge in [0.05, 0.1) is 18.1 Å². The van der Waals surface area contributed by atoms with Crippen molar-refractivity contribution in [2.45, 2.75) is 77.2 Å². The molecule has 2 aromatic rings. The molecule has 0 N–H and O–H groups in total.